The number of likely N-dealkylation sites (N-methyl/N-ethyl adjacent to an activating group) is 2. The lowest BCUT2D eigenvalue weighted by Crippen LogP contribution is -2.58. The summed E-state index contributed by atoms with van der Waals surface area (Å²) in [5.74, 6) is 1.53. The molecule has 1 amide bonds. The number of nitrogens with zero attached hydrogens (tertiary/aromatic N) is 2. The average molecular weight is 306 g/mol. The summed E-state index contributed by atoms with van der Waals surface area (Å²) >= 11 is 0. The molecule has 2 bridgehead atoms. The quantitative estimate of drug-likeness (QED) is 0.886. The zero-order chi connectivity index (χ0) is 16.2. The summed E-state index contributed by atoms with van der Waals surface area (Å²) in [6.45, 7) is 2.37. The van der Waals surface area contributed by atoms with Gasteiger partial charge in [0, 0.05) is 36.7 Å². The Morgan fingerprint density at radius 1 is 1.14 bits per heavy atom. The van der Waals surface area contributed by atoms with E-state index in [1.807, 2.05) is 14.1 Å². The normalized spacial score (nSPS) is 24.2. The number of benzene rings is 1. The fourth-order valence-corrected chi connectivity index (χ4v) is 3.74. The van der Waals surface area contributed by atoms with Crippen molar-refractivity contribution < 1.29 is 19.4 Å². The van der Waals surface area contributed by atoms with Gasteiger partial charge in [0.15, 0.2) is 11.5 Å². The van der Waals surface area contributed by atoms with Crippen molar-refractivity contribution in [3.05, 3.63) is 16.7 Å². The number of hydrogen-bond acceptors (Lipinski definition) is 5. The Labute approximate surface area is 130 Å². The number of phenolic OH excluding ortho intramolecular Hbond substituents is 1. The van der Waals surface area contributed by atoms with Gasteiger partial charge in [-0.1, -0.05) is 0 Å². The second-order valence-electron chi connectivity index (χ2n) is 6.05. The zero-order valence-corrected chi connectivity index (χ0v) is 13.6. The van der Waals surface area contributed by atoms with E-state index in [0.29, 0.717) is 30.0 Å². The molecular weight excluding hydrogens is 284 g/mol. The van der Waals surface area contributed by atoms with E-state index in [1.54, 1.807) is 26.0 Å². The van der Waals surface area contributed by atoms with Crippen molar-refractivity contribution in [3.63, 3.8) is 0 Å². The lowest BCUT2D eigenvalue weighted by atomic mass is 9.82. The minimum atomic E-state index is -0.236. The first-order chi connectivity index (χ1) is 10.4. The number of rotatable bonds is 2. The molecule has 2 aliphatic heterocycles. The second kappa shape index (κ2) is 5.05. The van der Waals surface area contributed by atoms with E-state index in [2.05, 4.69) is 4.90 Å². The maximum Gasteiger partial charge on any atom is 0.240 e. The molecule has 0 radical (unpaired) electrons. The van der Waals surface area contributed by atoms with Crippen molar-refractivity contribution in [2.75, 3.05) is 34.9 Å². The Morgan fingerprint density at radius 2 is 1.77 bits per heavy atom. The Hall–Kier alpha value is -1.95. The molecule has 1 aromatic rings. The van der Waals surface area contributed by atoms with Crippen LogP contribution in [-0.2, 0) is 11.2 Å². The highest BCUT2D eigenvalue weighted by Gasteiger charge is 2.45. The first-order valence-electron chi connectivity index (χ1n) is 7.35. The highest BCUT2D eigenvalue weighted by Crippen LogP contribution is 2.50. The summed E-state index contributed by atoms with van der Waals surface area (Å²) in [4.78, 5) is 16.2. The predicted octanol–water partition coefficient (Wildman–Crippen LogP) is 1.09. The number of ether oxygens (including phenoxy) is 2. The molecule has 0 aromatic heterocycles. The Bertz CT molecular complexity index is 644. The Kier molecular flexibility index (Phi) is 3.44. The SMILES string of the molecule is COc1c(C)c(O)c2c(c1OC)C1CN(C)C(=O)C(C2)N1C. The monoisotopic (exact) mass is 306 g/mol. The number of methoxy groups -OCH3 is 2. The molecule has 6 heteroatoms. The standard InChI is InChI=1S/C16H22N2O4/c1-8-13(19)9-6-10-16(20)17(2)7-11(18(10)3)12(9)15(22-5)14(8)21-4/h10-11,19H,6-7H2,1-5H3. The van der Waals surface area contributed by atoms with Gasteiger partial charge in [0.05, 0.1) is 26.3 Å². The third-order valence-electron chi connectivity index (χ3n) is 4.99. The second-order valence-corrected chi connectivity index (χ2v) is 6.05. The molecule has 1 fully saturated rings. The largest absolute Gasteiger partial charge is 0.507 e. The molecule has 2 aliphatic rings. The number of phenols is 1. The molecule has 0 aliphatic carbocycles. The van der Waals surface area contributed by atoms with Crippen LogP contribution in [0.5, 0.6) is 17.2 Å². The van der Waals surface area contributed by atoms with Crippen LogP contribution in [-0.4, -0.2) is 61.7 Å². The lowest BCUT2D eigenvalue weighted by molar-refractivity contribution is -0.143. The number of fused-ring (bicyclic) bond motifs is 4. The van der Waals surface area contributed by atoms with Crippen molar-refractivity contribution >= 4 is 5.91 Å². The Balaban J connectivity index is 2.28. The minimum Gasteiger partial charge on any atom is -0.507 e. The third kappa shape index (κ3) is 1.80. The van der Waals surface area contributed by atoms with Crippen LogP contribution in [0.1, 0.15) is 22.7 Å². The van der Waals surface area contributed by atoms with Crippen LogP contribution >= 0.6 is 0 Å². The smallest absolute Gasteiger partial charge is 0.240 e. The third-order valence-corrected chi connectivity index (χ3v) is 4.99. The summed E-state index contributed by atoms with van der Waals surface area (Å²) in [6, 6.07) is -0.244. The molecule has 1 saturated heterocycles. The summed E-state index contributed by atoms with van der Waals surface area (Å²) in [5.41, 5.74) is 2.40. The number of aromatic hydroxyl groups is 1. The van der Waals surface area contributed by atoms with E-state index in [0.717, 1.165) is 11.1 Å². The van der Waals surface area contributed by atoms with Crippen LogP contribution in [0.4, 0.5) is 0 Å². The van der Waals surface area contributed by atoms with Gasteiger partial charge in [-0.2, -0.15) is 0 Å². The van der Waals surface area contributed by atoms with Gasteiger partial charge in [0.2, 0.25) is 5.91 Å². The summed E-state index contributed by atoms with van der Waals surface area (Å²) in [5, 5.41) is 10.6. The van der Waals surface area contributed by atoms with Gasteiger partial charge in [-0.05, 0) is 14.0 Å². The molecular formula is C16H22N2O4. The van der Waals surface area contributed by atoms with Crippen LogP contribution in [0.3, 0.4) is 0 Å². The molecule has 0 saturated carbocycles. The molecule has 2 atom stereocenters. The van der Waals surface area contributed by atoms with E-state index in [4.69, 9.17) is 9.47 Å². The van der Waals surface area contributed by atoms with E-state index < -0.39 is 0 Å². The van der Waals surface area contributed by atoms with Gasteiger partial charge in [0.25, 0.3) is 0 Å². The fraction of sp³-hybridized carbons (Fsp3) is 0.562. The lowest BCUT2D eigenvalue weighted by Gasteiger charge is -2.48. The maximum atomic E-state index is 12.4. The van der Waals surface area contributed by atoms with Crippen LogP contribution in [0, 0.1) is 6.92 Å². The van der Waals surface area contributed by atoms with Crippen LogP contribution in [0.2, 0.25) is 0 Å². The average Bonchev–Trinajstić information content (AvgIpc) is 2.50. The van der Waals surface area contributed by atoms with Crippen molar-refractivity contribution in [2.24, 2.45) is 0 Å². The van der Waals surface area contributed by atoms with Crippen molar-refractivity contribution in [1.29, 1.82) is 0 Å². The van der Waals surface area contributed by atoms with E-state index in [9.17, 15) is 9.90 Å². The van der Waals surface area contributed by atoms with Crippen molar-refractivity contribution in [3.8, 4) is 17.2 Å². The molecule has 2 heterocycles. The first-order valence-corrected chi connectivity index (χ1v) is 7.35. The summed E-state index contributed by atoms with van der Waals surface area (Å²) < 4.78 is 11.1. The van der Waals surface area contributed by atoms with Crippen LogP contribution < -0.4 is 9.47 Å². The zero-order valence-electron chi connectivity index (χ0n) is 13.6. The molecule has 6 nitrogen and oxygen atoms in total. The molecule has 22 heavy (non-hydrogen) atoms. The number of carbonyl (C=O) groups is 1. The molecule has 1 aromatic carbocycles. The number of piperazine rings is 1. The number of carbonyl (C=O) groups excluding carboxylic acids is 1. The summed E-state index contributed by atoms with van der Waals surface area (Å²) in [7, 11) is 6.95. The molecule has 0 spiro atoms. The van der Waals surface area contributed by atoms with Gasteiger partial charge in [-0.15, -0.1) is 0 Å². The predicted molar refractivity (Wildman–Crippen MR) is 81.6 cm³/mol. The number of amides is 1. The van der Waals surface area contributed by atoms with Gasteiger partial charge < -0.3 is 19.5 Å². The first kappa shape index (κ1) is 15.0. The van der Waals surface area contributed by atoms with Crippen LogP contribution in [0.15, 0.2) is 0 Å². The fourth-order valence-electron chi connectivity index (χ4n) is 3.74. The Morgan fingerprint density at radius 3 is 2.36 bits per heavy atom. The summed E-state index contributed by atoms with van der Waals surface area (Å²) in [6.07, 6.45) is 0.485. The molecule has 120 valence electrons. The van der Waals surface area contributed by atoms with Gasteiger partial charge in [-0.3, -0.25) is 9.69 Å². The van der Waals surface area contributed by atoms with E-state index in [-0.39, 0.29) is 23.7 Å². The highest BCUT2D eigenvalue weighted by molar-refractivity contribution is 5.84. The molecule has 3 rings (SSSR count). The number of hydrogen-bond donors (Lipinski definition) is 1. The molecule has 2 unspecified atom stereocenters. The maximum absolute atomic E-state index is 12.4. The topological polar surface area (TPSA) is 62.2 Å². The minimum absolute atomic E-state index is 0.00759. The van der Waals surface area contributed by atoms with E-state index in [1.165, 1.54) is 0 Å². The van der Waals surface area contributed by atoms with Gasteiger partial charge >= 0.3 is 0 Å². The van der Waals surface area contributed by atoms with Crippen molar-refractivity contribution in [1.82, 2.24) is 9.80 Å². The van der Waals surface area contributed by atoms with Gasteiger partial charge in [-0.25, -0.2) is 0 Å². The van der Waals surface area contributed by atoms with Crippen LogP contribution in [0.25, 0.3) is 0 Å². The van der Waals surface area contributed by atoms with Crippen molar-refractivity contribution in [2.45, 2.75) is 25.4 Å². The highest BCUT2D eigenvalue weighted by atomic mass is 16.5. The van der Waals surface area contributed by atoms with E-state index >= 15 is 0 Å². The van der Waals surface area contributed by atoms with Gasteiger partial charge in [0.1, 0.15) is 5.75 Å². The molecule has 1 N–H and O–H groups in total.